The van der Waals surface area contributed by atoms with Crippen LogP contribution in [0.1, 0.15) is 27.8 Å². The molecular weight excluding hydrogens is 318 g/mol. The molecule has 0 aliphatic heterocycles. The molecule has 0 fully saturated rings. The first-order chi connectivity index (χ1) is 11.9. The summed E-state index contributed by atoms with van der Waals surface area (Å²) in [6.45, 7) is 5.98. The Kier molecular flexibility index (Phi) is 5.73. The molecule has 0 unspecified atom stereocenters. The summed E-state index contributed by atoms with van der Waals surface area (Å²) in [7, 11) is 1.50. The highest BCUT2D eigenvalue weighted by atomic mass is 16.5. The molecule has 2 rings (SSSR count). The summed E-state index contributed by atoms with van der Waals surface area (Å²) in [5.74, 6) is -0.216. The standard InChI is InChI=1S/C19H21N3O3/c1-12-5-6-17(13(2)9-12)21-11-16-14(3)15(10-20)18(23)22(19(16)24)7-8-25-4/h5-6,9,11,24H,7-8H2,1-4H3. The Balaban J connectivity index is 2.58. The molecule has 0 saturated carbocycles. The van der Waals surface area contributed by atoms with E-state index in [1.54, 1.807) is 6.92 Å². The first-order valence-corrected chi connectivity index (χ1v) is 7.87. The van der Waals surface area contributed by atoms with Crippen molar-refractivity contribution in [3.05, 3.63) is 56.4 Å². The van der Waals surface area contributed by atoms with Gasteiger partial charge in [0.15, 0.2) is 0 Å². The summed E-state index contributed by atoms with van der Waals surface area (Å²) in [4.78, 5) is 16.8. The van der Waals surface area contributed by atoms with Gasteiger partial charge in [-0.1, -0.05) is 17.7 Å². The number of pyridine rings is 1. The van der Waals surface area contributed by atoms with E-state index in [1.807, 2.05) is 38.1 Å². The lowest BCUT2D eigenvalue weighted by Crippen LogP contribution is -2.26. The molecule has 0 radical (unpaired) electrons. The Morgan fingerprint density at radius 3 is 2.68 bits per heavy atom. The van der Waals surface area contributed by atoms with Crippen molar-refractivity contribution in [3.63, 3.8) is 0 Å². The molecule has 130 valence electrons. The molecule has 1 N–H and O–H groups in total. The molecule has 2 aromatic rings. The monoisotopic (exact) mass is 339 g/mol. The van der Waals surface area contributed by atoms with Crippen molar-refractivity contribution in [2.75, 3.05) is 13.7 Å². The van der Waals surface area contributed by atoms with Crippen molar-refractivity contribution in [1.82, 2.24) is 4.57 Å². The van der Waals surface area contributed by atoms with Gasteiger partial charge in [-0.15, -0.1) is 0 Å². The number of aliphatic imine (C=N–C) groups is 1. The van der Waals surface area contributed by atoms with E-state index in [2.05, 4.69) is 4.99 Å². The largest absolute Gasteiger partial charge is 0.494 e. The number of aromatic nitrogens is 1. The number of rotatable bonds is 5. The minimum Gasteiger partial charge on any atom is -0.494 e. The van der Waals surface area contributed by atoms with Crippen molar-refractivity contribution >= 4 is 11.9 Å². The zero-order valence-corrected chi connectivity index (χ0v) is 14.8. The molecule has 1 aromatic carbocycles. The summed E-state index contributed by atoms with van der Waals surface area (Å²) in [6.07, 6.45) is 1.49. The number of aryl methyl sites for hydroxylation is 2. The van der Waals surface area contributed by atoms with Crippen LogP contribution >= 0.6 is 0 Å². The van der Waals surface area contributed by atoms with Gasteiger partial charge in [-0.2, -0.15) is 5.26 Å². The van der Waals surface area contributed by atoms with Gasteiger partial charge in [0.1, 0.15) is 11.6 Å². The van der Waals surface area contributed by atoms with Crippen LogP contribution in [-0.4, -0.2) is 29.6 Å². The lowest BCUT2D eigenvalue weighted by molar-refractivity contribution is 0.182. The molecular formula is C19H21N3O3. The third-order valence-electron chi connectivity index (χ3n) is 4.05. The van der Waals surface area contributed by atoms with E-state index in [0.29, 0.717) is 11.1 Å². The highest BCUT2D eigenvalue weighted by Crippen LogP contribution is 2.23. The molecule has 0 saturated heterocycles. The Labute approximate surface area is 146 Å². The maximum atomic E-state index is 12.3. The normalized spacial score (nSPS) is 11.0. The molecule has 0 bridgehead atoms. The summed E-state index contributed by atoms with van der Waals surface area (Å²) >= 11 is 0. The van der Waals surface area contributed by atoms with Gasteiger partial charge in [0.25, 0.3) is 5.56 Å². The van der Waals surface area contributed by atoms with E-state index in [-0.39, 0.29) is 24.6 Å². The summed E-state index contributed by atoms with van der Waals surface area (Å²) in [5, 5.41) is 19.8. The Hall–Kier alpha value is -2.91. The number of hydrogen-bond acceptors (Lipinski definition) is 5. The van der Waals surface area contributed by atoms with Crippen molar-refractivity contribution in [3.8, 4) is 11.9 Å². The lowest BCUT2D eigenvalue weighted by atomic mass is 10.1. The quantitative estimate of drug-likeness (QED) is 0.849. The maximum absolute atomic E-state index is 12.3. The topological polar surface area (TPSA) is 87.6 Å². The number of benzene rings is 1. The number of methoxy groups -OCH3 is 1. The molecule has 6 heteroatoms. The molecule has 0 aliphatic carbocycles. The summed E-state index contributed by atoms with van der Waals surface area (Å²) in [6, 6.07) is 7.77. The highest BCUT2D eigenvalue weighted by Gasteiger charge is 2.17. The maximum Gasteiger partial charge on any atom is 0.271 e. The molecule has 0 spiro atoms. The number of ether oxygens (including phenoxy) is 1. The SMILES string of the molecule is COCCn1c(O)c(C=Nc2ccc(C)cc2C)c(C)c(C#N)c1=O. The lowest BCUT2D eigenvalue weighted by Gasteiger charge is -2.13. The van der Waals surface area contributed by atoms with Crippen LogP contribution in [0.15, 0.2) is 28.0 Å². The second kappa shape index (κ2) is 7.77. The van der Waals surface area contributed by atoms with Crippen LogP contribution in [0.3, 0.4) is 0 Å². The fraction of sp³-hybridized carbons (Fsp3) is 0.316. The van der Waals surface area contributed by atoms with Crippen molar-refractivity contribution in [1.29, 1.82) is 5.26 Å². The molecule has 0 amide bonds. The van der Waals surface area contributed by atoms with Crippen LogP contribution in [0, 0.1) is 32.1 Å². The second-order valence-corrected chi connectivity index (χ2v) is 5.85. The third kappa shape index (κ3) is 3.78. The van der Waals surface area contributed by atoms with Crippen LogP contribution in [-0.2, 0) is 11.3 Å². The Bertz CT molecular complexity index is 921. The average molecular weight is 339 g/mol. The molecule has 6 nitrogen and oxygen atoms in total. The van der Waals surface area contributed by atoms with Crippen LogP contribution in [0.2, 0.25) is 0 Å². The van der Waals surface area contributed by atoms with Gasteiger partial charge < -0.3 is 9.84 Å². The van der Waals surface area contributed by atoms with E-state index in [0.717, 1.165) is 21.4 Å². The number of nitriles is 1. The zero-order chi connectivity index (χ0) is 18.6. The third-order valence-corrected chi connectivity index (χ3v) is 4.05. The van der Waals surface area contributed by atoms with Gasteiger partial charge in [0.05, 0.1) is 24.4 Å². The number of aromatic hydroxyl groups is 1. The predicted octanol–water partition coefficient (Wildman–Crippen LogP) is 2.75. The molecule has 0 aliphatic rings. The van der Waals surface area contributed by atoms with Crippen LogP contribution in [0.4, 0.5) is 5.69 Å². The second-order valence-electron chi connectivity index (χ2n) is 5.85. The minimum absolute atomic E-state index is 0.00372. The fourth-order valence-electron chi connectivity index (χ4n) is 2.60. The van der Waals surface area contributed by atoms with E-state index < -0.39 is 5.56 Å². The van der Waals surface area contributed by atoms with Gasteiger partial charge >= 0.3 is 0 Å². The van der Waals surface area contributed by atoms with Crippen LogP contribution in [0.5, 0.6) is 5.88 Å². The minimum atomic E-state index is -0.529. The van der Waals surface area contributed by atoms with E-state index >= 15 is 0 Å². The summed E-state index contributed by atoms with van der Waals surface area (Å²) in [5.41, 5.74) is 3.13. The van der Waals surface area contributed by atoms with Crippen molar-refractivity contribution in [2.45, 2.75) is 27.3 Å². The molecule has 0 atom stereocenters. The average Bonchev–Trinajstić information content (AvgIpc) is 2.56. The number of hydrogen-bond donors (Lipinski definition) is 1. The van der Waals surface area contributed by atoms with Crippen molar-refractivity contribution in [2.24, 2.45) is 4.99 Å². The van der Waals surface area contributed by atoms with Gasteiger partial charge in [0, 0.05) is 13.3 Å². The smallest absolute Gasteiger partial charge is 0.271 e. The van der Waals surface area contributed by atoms with Gasteiger partial charge in [-0.3, -0.25) is 14.4 Å². The van der Waals surface area contributed by atoms with Gasteiger partial charge in [-0.25, -0.2) is 0 Å². The Morgan fingerprint density at radius 1 is 1.36 bits per heavy atom. The Morgan fingerprint density at radius 2 is 2.08 bits per heavy atom. The summed E-state index contributed by atoms with van der Waals surface area (Å²) < 4.78 is 6.11. The number of nitrogens with zero attached hydrogens (tertiary/aromatic N) is 3. The first kappa shape index (κ1) is 18.4. The van der Waals surface area contributed by atoms with Gasteiger partial charge in [0.2, 0.25) is 5.88 Å². The van der Waals surface area contributed by atoms with Crippen molar-refractivity contribution < 1.29 is 9.84 Å². The zero-order valence-electron chi connectivity index (χ0n) is 14.8. The van der Waals surface area contributed by atoms with E-state index in [9.17, 15) is 15.2 Å². The molecule has 1 aromatic heterocycles. The molecule has 25 heavy (non-hydrogen) atoms. The fourth-order valence-corrected chi connectivity index (χ4v) is 2.60. The van der Waals surface area contributed by atoms with E-state index in [4.69, 9.17) is 4.74 Å². The van der Waals surface area contributed by atoms with Gasteiger partial charge in [-0.05, 0) is 38.0 Å². The van der Waals surface area contributed by atoms with Crippen LogP contribution < -0.4 is 5.56 Å². The predicted molar refractivity (Wildman–Crippen MR) is 96.9 cm³/mol. The molecule has 1 heterocycles. The van der Waals surface area contributed by atoms with Crippen LogP contribution in [0.25, 0.3) is 0 Å². The highest BCUT2D eigenvalue weighted by molar-refractivity contribution is 5.87. The van der Waals surface area contributed by atoms with E-state index in [1.165, 1.54) is 13.3 Å². The first-order valence-electron chi connectivity index (χ1n) is 7.87.